The van der Waals surface area contributed by atoms with Crippen molar-refractivity contribution in [3.63, 3.8) is 0 Å². The molecule has 0 saturated carbocycles. The highest BCUT2D eigenvalue weighted by Crippen LogP contribution is 2.21. The third-order valence-electron chi connectivity index (χ3n) is 4.70. The molecule has 0 aliphatic carbocycles. The highest BCUT2D eigenvalue weighted by molar-refractivity contribution is 5.77. The van der Waals surface area contributed by atoms with Crippen LogP contribution in [0, 0.1) is 5.41 Å². The maximum absolute atomic E-state index is 11.2. The number of hydrazine groups is 4. The molecule has 0 bridgehead atoms. The Morgan fingerprint density at radius 3 is 0.780 bits per heavy atom. The van der Waals surface area contributed by atoms with Gasteiger partial charge in [0.25, 0.3) is 23.6 Å². The van der Waals surface area contributed by atoms with Gasteiger partial charge in [-0.05, 0) is 0 Å². The summed E-state index contributed by atoms with van der Waals surface area (Å²) in [4.78, 5) is 44.7. The second-order valence-corrected chi connectivity index (χ2v) is 8.19. The molecule has 0 atom stereocenters. The van der Waals surface area contributed by atoms with Crippen LogP contribution in [0.5, 0.6) is 0 Å². The molecule has 12 N–H and O–H groups in total. The average Bonchev–Trinajstić information content (AvgIpc) is 2.99. The van der Waals surface area contributed by atoms with E-state index in [1.807, 2.05) is 21.7 Å². The number of nitrogens with one attached hydrogen (secondary N) is 4. The van der Waals surface area contributed by atoms with Crippen LogP contribution in [0.25, 0.3) is 0 Å². The van der Waals surface area contributed by atoms with E-state index in [0.29, 0.717) is 0 Å². The van der Waals surface area contributed by atoms with Gasteiger partial charge in [0.1, 0.15) is 26.4 Å². The lowest BCUT2D eigenvalue weighted by Crippen LogP contribution is -2.43. The number of hydrogen-bond acceptors (Lipinski definition) is 16. The molecular formula is C21H44N8O12. The van der Waals surface area contributed by atoms with E-state index in [0.717, 1.165) is 0 Å². The maximum atomic E-state index is 11.2. The molecule has 20 nitrogen and oxygen atoms in total. The van der Waals surface area contributed by atoms with Crippen molar-refractivity contribution < 1.29 is 57.1 Å². The Morgan fingerprint density at radius 1 is 0.390 bits per heavy atom. The van der Waals surface area contributed by atoms with Gasteiger partial charge in [-0.2, -0.15) is 0 Å². The molecular weight excluding hydrogens is 556 g/mol. The summed E-state index contributed by atoms with van der Waals surface area (Å²) in [5, 5.41) is 0. The smallest absolute Gasteiger partial charge is 0.259 e. The summed E-state index contributed by atoms with van der Waals surface area (Å²) in [7, 11) is 0. The molecule has 0 saturated heterocycles. The third kappa shape index (κ3) is 22.7. The van der Waals surface area contributed by atoms with Gasteiger partial charge >= 0.3 is 0 Å². The molecule has 0 aromatic heterocycles. The number of nitrogens with two attached hydrogens (primary N) is 4. The van der Waals surface area contributed by atoms with Crippen molar-refractivity contribution in [2.24, 2.45) is 28.8 Å². The molecule has 0 aliphatic rings. The van der Waals surface area contributed by atoms with Crippen LogP contribution in [0.2, 0.25) is 0 Å². The van der Waals surface area contributed by atoms with Gasteiger partial charge in [0.05, 0.1) is 84.7 Å². The Balaban J connectivity index is 5.04. The Labute approximate surface area is 237 Å². The van der Waals surface area contributed by atoms with Gasteiger partial charge in [0, 0.05) is 0 Å². The van der Waals surface area contributed by atoms with E-state index < -0.39 is 29.0 Å². The van der Waals surface area contributed by atoms with E-state index in [2.05, 4.69) is 0 Å². The molecule has 0 fully saturated rings. The van der Waals surface area contributed by atoms with Gasteiger partial charge < -0.3 is 37.9 Å². The summed E-state index contributed by atoms with van der Waals surface area (Å²) in [5.41, 5.74) is 6.95. The molecule has 0 aromatic rings. The van der Waals surface area contributed by atoms with E-state index >= 15 is 0 Å². The van der Waals surface area contributed by atoms with Crippen LogP contribution >= 0.6 is 0 Å². The van der Waals surface area contributed by atoms with E-state index in [1.165, 1.54) is 0 Å². The van der Waals surface area contributed by atoms with Crippen LogP contribution in [0.1, 0.15) is 0 Å². The van der Waals surface area contributed by atoms with E-state index in [4.69, 9.17) is 61.3 Å². The fraction of sp³-hybridized carbons (Fsp3) is 0.810. The first kappa shape index (κ1) is 38.4. The Hall–Kier alpha value is -2.60. The first-order valence-corrected chi connectivity index (χ1v) is 12.4. The zero-order valence-electron chi connectivity index (χ0n) is 23.0. The van der Waals surface area contributed by atoms with Crippen LogP contribution in [0.3, 0.4) is 0 Å². The van der Waals surface area contributed by atoms with Crippen molar-refractivity contribution in [2.75, 3.05) is 106 Å². The lowest BCUT2D eigenvalue weighted by atomic mass is 9.92. The Bertz CT molecular complexity index is 604. The number of amides is 4. The van der Waals surface area contributed by atoms with Gasteiger partial charge in [0.15, 0.2) is 0 Å². The van der Waals surface area contributed by atoms with Crippen molar-refractivity contribution in [1.82, 2.24) is 21.7 Å². The zero-order valence-corrected chi connectivity index (χ0v) is 23.0. The van der Waals surface area contributed by atoms with E-state index in [-0.39, 0.29) is 106 Å². The summed E-state index contributed by atoms with van der Waals surface area (Å²) in [6, 6.07) is 0. The molecule has 0 spiro atoms. The third-order valence-corrected chi connectivity index (χ3v) is 4.70. The van der Waals surface area contributed by atoms with Crippen molar-refractivity contribution >= 4 is 23.6 Å². The Kier molecular flexibility index (Phi) is 24.6. The number of carbonyl (C=O) groups excluding carboxylic acids is 4. The van der Waals surface area contributed by atoms with Crippen molar-refractivity contribution in [1.29, 1.82) is 0 Å². The lowest BCUT2D eigenvalue weighted by molar-refractivity contribution is -0.132. The van der Waals surface area contributed by atoms with E-state index in [1.54, 1.807) is 0 Å². The largest absolute Gasteiger partial charge is 0.378 e. The molecule has 0 rings (SSSR count). The molecule has 0 aliphatic heterocycles. The van der Waals surface area contributed by atoms with Gasteiger partial charge in [-0.25, -0.2) is 23.4 Å². The fourth-order valence-corrected chi connectivity index (χ4v) is 2.70. The highest BCUT2D eigenvalue weighted by atomic mass is 16.6. The van der Waals surface area contributed by atoms with Crippen LogP contribution in [-0.4, -0.2) is 129 Å². The average molecular weight is 601 g/mol. The van der Waals surface area contributed by atoms with Crippen LogP contribution in [0.4, 0.5) is 0 Å². The van der Waals surface area contributed by atoms with Crippen molar-refractivity contribution in [3.8, 4) is 0 Å². The van der Waals surface area contributed by atoms with Gasteiger partial charge in [-0.3, -0.25) is 40.9 Å². The normalized spacial score (nSPS) is 11.2. The van der Waals surface area contributed by atoms with Crippen LogP contribution < -0.4 is 45.1 Å². The minimum atomic E-state index is -0.855. The lowest BCUT2D eigenvalue weighted by Gasteiger charge is -2.33. The highest BCUT2D eigenvalue weighted by Gasteiger charge is 2.32. The summed E-state index contributed by atoms with van der Waals surface area (Å²) >= 11 is 0. The van der Waals surface area contributed by atoms with Crippen LogP contribution in [0.15, 0.2) is 0 Å². The first-order chi connectivity index (χ1) is 19.8. The van der Waals surface area contributed by atoms with Crippen molar-refractivity contribution in [3.05, 3.63) is 0 Å². The predicted molar refractivity (Wildman–Crippen MR) is 138 cm³/mol. The molecule has 0 heterocycles. The molecule has 0 unspecified atom stereocenters. The molecule has 240 valence electrons. The number of ether oxygens (including phenoxy) is 8. The predicted octanol–water partition coefficient (Wildman–Crippen LogP) is -5.93. The quantitative estimate of drug-likeness (QED) is 0.0179. The topological polar surface area (TPSA) is 294 Å². The van der Waals surface area contributed by atoms with Crippen LogP contribution in [-0.2, 0) is 57.1 Å². The molecule has 0 aromatic carbocycles. The van der Waals surface area contributed by atoms with Gasteiger partial charge in [-0.15, -0.1) is 0 Å². The Morgan fingerprint density at radius 2 is 0.585 bits per heavy atom. The van der Waals surface area contributed by atoms with Crippen molar-refractivity contribution in [2.45, 2.75) is 0 Å². The standard InChI is InChI=1S/C21H44N8O12/c22-26-17(30)9-34-1-5-38-13-21(14-39-6-2-35-10-18(31)27-23,15-40-7-3-36-11-19(32)28-24)16-41-8-4-37-12-20(33)29-25/h1-16,22-25H2,(H,26,30)(H,27,31)(H,28,32)(H,29,33). The minimum absolute atomic E-state index is 0.0861. The summed E-state index contributed by atoms with van der Waals surface area (Å²) < 4.78 is 43.8. The second-order valence-electron chi connectivity index (χ2n) is 8.19. The molecule has 0 radical (unpaired) electrons. The SMILES string of the molecule is NNC(=O)COCCOCC(COCCOCC(=O)NN)(COCCOCC(=O)NN)COCCOCC(=O)NN. The van der Waals surface area contributed by atoms with Gasteiger partial charge in [-0.1, -0.05) is 0 Å². The first-order valence-electron chi connectivity index (χ1n) is 12.4. The van der Waals surface area contributed by atoms with E-state index in [9.17, 15) is 19.2 Å². The monoisotopic (exact) mass is 600 g/mol. The molecule has 4 amide bonds. The maximum Gasteiger partial charge on any atom is 0.259 e. The summed E-state index contributed by atoms with van der Waals surface area (Å²) in [5.74, 6) is 18.1. The number of hydrogen-bond donors (Lipinski definition) is 8. The minimum Gasteiger partial charge on any atom is -0.378 e. The number of rotatable bonds is 28. The summed E-state index contributed by atoms with van der Waals surface area (Å²) in [6.07, 6.45) is 0. The number of carbonyl (C=O) groups is 4. The fourth-order valence-electron chi connectivity index (χ4n) is 2.70. The molecule has 20 heteroatoms. The summed E-state index contributed by atoms with van der Waals surface area (Å²) in [6.45, 7) is 0.382. The van der Waals surface area contributed by atoms with Gasteiger partial charge in [0.2, 0.25) is 0 Å². The second kappa shape index (κ2) is 26.3. The molecule has 41 heavy (non-hydrogen) atoms. The zero-order chi connectivity index (χ0) is 30.6.